The molecule has 156 valence electrons. The van der Waals surface area contributed by atoms with Gasteiger partial charge in [0.15, 0.2) is 5.49 Å². The van der Waals surface area contributed by atoms with Crippen LogP contribution >= 0.6 is 0 Å². The zero-order chi connectivity index (χ0) is 21.3. The van der Waals surface area contributed by atoms with E-state index >= 15 is 0 Å². The summed E-state index contributed by atoms with van der Waals surface area (Å²) in [4.78, 5) is 31.5. The molecule has 0 saturated carbocycles. The fourth-order valence-electron chi connectivity index (χ4n) is 3.31. The summed E-state index contributed by atoms with van der Waals surface area (Å²) in [5, 5.41) is 4.77. The van der Waals surface area contributed by atoms with E-state index < -0.39 is 0 Å². The Balaban J connectivity index is 1.37. The summed E-state index contributed by atoms with van der Waals surface area (Å²) < 4.78 is 10.2. The zero-order valence-corrected chi connectivity index (χ0v) is 16.4. The first-order chi connectivity index (χ1) is 15.8. The number of furan rings is 2. The summed E-state index contributed by atoms with van der Waals surface area (Å²) >= 11 is 0. The molecule has 11 heteroatoms. The Hall–Kier alpha value is -4.93. The Morgan fingerprint density at radius 1 is 0.812 bits per heavy atom. The number of nitrogens with one attached hydrogen (secondary N) is 4. The highest BCUT2D eigenvalue weighted by molar-refractivity contribution is 5.91. The molecule has 0 saturated heterocycles. The van der Waals surface area contributed by atoms with E-state index in [4.69, 9.17) is 8.83 Å². The minimum atomic E-state index is 0.424. The van der Waals surface area contributed by atoms with Crippen molar-refractivity contribution in [2.45, 2.75) is 0 Å². The molecule has 0 aliphatic carbocycles. The molecule has 32 heavy (non-hydrogen) atoms. The van der Waals surface area contributed by atoms with Crippen LogP contribution in [-0.2, 0) is 0 Å². The quantitative estimate of drug-likeness (QED) is 0.327. The van der Waals surface area contributed by atoms with Crippen molar-refractivity contribution in [3.8, 4) is 22.5 Å². The Labute approximate surface area is 179 Å². The number of hydrogen-bond acceptors (Lipinski definition) is 8. The highest BCUT2D eigenvalue weighted by Gasteiger charge is 2.10. The largest absolute Gasteiger partial charge is 0.472 e. The lowest BCUT2D eigenvalue weighted by Crippen LogP contribution is -2.03. The maximum absolute atomic E-state index is 5.12. The number of hydrogen-bond donors (Lipinski definition) is 4. The molecular formula is C21H15N9O2. The van der Waals surface area contributed by atoms with Crippen LogP contribution in [0.15, 0.2) is 82.1 Å². The third-order valence-electron chi connectivity index (χ3n) is 4.86. The van der Waals surface area contributed by atoms with E-state index in [9.17, 15) is 0 Å². The second-order valence-electron chi connectivity index (χ2n) is 6.86. The van der Waals surface area contributed by atoms with Crippen LogP contribution < -0.4 is 10.8 Å². The Morgan fingerprint density at radius 3 is 2.34 bits per heavy atom. The van der Waals surface area contributed by atoms with Gasteiger partial charge >= 0.3 is 0 Å². The normalized spacial score (nSPS) is 11.9. The third kappa shape index (κ3) is 3.23. The standard InChI is InChI=1S/C21H15N9O2/c1-3-31-9-12(1)16-7-23-20(27-16)29-18-14-5-22-6-15(14)19(26-11-25-18)30-21-24-8-17(28-21)13-2-4-32-10-13/h1-11,22H,(H3,23,24,25,26,27,28,29,30). The van der Waals surface area contributed by atoms with E-state index in [2.05, 4.69) is 45.2 Å². The van der Waals surface area contributed by atoms with Crippen LogP contribution in [0.1, 0.15) is 0 Å². The van der Waals surface area contributed by atoms with E-state index in [-0.39, 0.29) is 0 Å². The van der Waals surface area contributed by atoms with Crippen LogP contribution in [0.4, 0.5) is 17.7 Å². The minimum absolute atomic E-state index is 0.424. The Morgan fingerprint density at radius 2 is 1.56 bits per heavy atom. The molecule has 6 heterocycles. The molecule has 6 aromatic rings. The van der Waals surface area contributed by atoms with E-state index in [0.717, 1.165) is 33.3 Å². The van der Waals surface area contributed by atoms with Gasteiger partial charge in [-0.15, -0.1) is 0 Å². The number of fused-ring (bicyclic) bond motifs is 1. The van der Waals surface area contributed by atoms with Crippen molar-refractivity contribution in [2.75, 3.05) is 5.32 Å². The first kappa shape index (κ1) is 17.9. The molecule has 0 amide bonds. The second kappa shape index (κ2) is 7.40. The maximum Gasteiger partial charge on any atom is 0.229 e. The summed E-state index contributed by atoms with van der Waals surface area (Å²) in [6.45, 7) is 0. The molecule has 0 radical (unpaired) electrons. The number of imidazole rings is 2. The summed E-state index contributed by atoms with van der Waals surface area (Å²) in [7, 11) is 0. The monoisotopic (exact) mass is 425 g/mol. The van der Waals surface area contributed by atoms with Crippen LogP contribution in [-0.4, -0.2) is 34.9 Å². The second-order valence-corrected chi connectivity index (χ2v) is 6.86. The summed E-state index contributed by atoms with van der Waals surface area (Å²) in [6, 6.07) is 3.70. The summed E-state index contributed by atoms with van der Waals surface area (Å²) in [5.41, 5.74) is 3.88. The first-order valence-electron chi connectivity index (χ1n) is 9.62. The van der Waals surface area contributed by atoms with Gasteiger partial charge in [0.25, 0.3) is 0 Å². The van der Waals surface area contributed by atoms with E-state index in [1.165, 1.54) is 6.33 Å². The van der Waals surface area contributed by atoms with Gasteiger partial charge in [-0.3, -0.25) is 0 Å². The molecule has 0 fully saturated rings. The summed E-state index contributed by atoms with van der Waals surface area (Å²) in [5.74, 6) is 1.53. The number of H-pyrrole nitrogens is 3. The van der Waals surface area contributed by atoms with E-state index in [0.29, 0.717) is 23.2 Å². The van der Waals surface area contributed by atoms with Gasteiger partial charge in [-0.25, -0.2) is 19.9 Å². The van der Waals surface area contributed by atoms with Gasteiger partial charge in [-0.2, -0.15) is 4.99 Å². The van der Waals surface area contributed by atoms with Crippen molar-refractivity contribution < 1.29 is 8.83 Å². The van der Waals surface area contributed by atoms with Crippen LogP contribution in [0.3, 0.4) is 0 Å². The summed E-state index contributed by atoms with van der Waals surface area (Å²) in [6.07, 6.45) is 15.0. The smallest absolute Gasteiger partial charge is 0.229 e. The number of anilines is 2. The van der Waals surface area contributed by atoms with Crippen molar-refractivity contribution in [3.05, 3.63) is 73.8 Å². The molecule has 0 aliphatic rings. The van der Waals surface area contributed by atoms with Crippen LogP contribution in [0.2, 0.25) is 0 Å². The average Bonchev–Trinajstić information content (AvgIpc) is 3.60. The maximum atomic E-state index is 5.12. The van der Waals surface area contributed by atoms with Gasteiger partial charge in [-0.1, -0.05) is 0 Å². The predicted molar refractivity (Wildman–Crippen MR) is 115 cm³/mol. The number of nitrogens with zero attached hydrogens (tertiary/aromatic N) is 5. The van der Waals surface area contributed by atoms with E-state index in [1.807, 2.05) is 24.5 Å². The fourth-order valence-corrected chi connectivity index (χ4v) is 3.31. The minimum Gasteiger partial charge on any atom is -0.472 e. The topological polar surface area (TPSA) is 150 Å². The first-order valence-corrected chi connectivity index (χ1v) is 9.62. The van der Waals surface area contributed by atoms with Crippen LogP contribution in [0.5, 0.6) is 0 Å². The molecule has 0 aromatic carbocycles. The van der Waals surface area contributed by atoms with Crippen LogP contribution in [0.25, 0.3) is 33.3 Å². The van der Waals surface area contributed by atoms with Crippen molar-refractivity contribution in [2.24, 2.45) is 4.99 Å². The lowest BCUT2D eigenvalue weighted by atomic mass is 10.3. The third-order valence-corrected chi connectivity index (χ3v) is 4.86. The SMILES string of the molecule is c1nc(Nc2ncc(-c3ccoc3)[nH]2)c2c[nH]cc2/c(=N/c2ncc(-c3ccoc3)[nH]2)n1. The molecule has 0 atom stereocenters. The number of aromatic nitrogens is 7. The van der Waals surface area contributed by atoms with Gasteiger partial charge in [0.05, 0.1) is 48.8 Å². The van der Waals surface area contributed by atoms with Gasteiger partial charge in [0, 0.05) is 34.3 Å². The molecular weight excluding hydrogens is 410 g/mol. The fraction of sp³-hybridized carbons (Fsp3) is 0. The lowest BCUT2D eigenvalue weighted by molar-refractivity contribution is 0.568. The number of aromatic amines is 3. The molecule has 4 N–H and O–H groups in total. The van der Waals surface area contributed by atoms with E-state index in [1.54, 1.807) is 37.4 Å². The average molecular weight is 425 g/mol. The van der Waals surface area contributed by atoms with Gasteiger partial charge in [0.1, 0.15) is 12.1 Å². The van der Waals surface area contributed by atoms with Crippen molar-refractivity contribution in [1.82, 2.24) is 34.9 Å². The highest BCUT2D eigenvalue weighted by atomic mass is 16.3. The molecule has 0 aliphatic heterocycles. The molecule has 6 aromatic heterocycles. The molecule has 0 bridgehead atoms. The van der Waals surface area contributed by atoms with Crippen molar-refractivity contribution in [3.63, 3.8) is 0 Å². The van der Waals surface area contributed by atoms with Gasteiger partial charge < -0.3 is 29.1 Å². The molecule has 0 spiro atoms. The van der Waals surface area contributed by atoms with Gasteiger partial charge in [0.2, 0.25) is 11.9 Å². The highest BCUT2D eigenvalue weighted by Crippen LogP contribution is 2.23. The van der Waals surface area contributed by atoms with Gasteiger partial charge in [-0.05, 0) is 12.1 Å². The molecule has 6 rings (SSSR count). The molecule has 0 unspecified atom stereocenters. The Kier molecular flexibility index (Phi) is 4.13. The zero-order valence-electron chi connectivity index (χ0n) is 16.4. The number of rotatable bonds is 5. The van der Waals surface area contributed by atoms with Crippen LogP contribution in [0, 0.1) is 0 Å². The Bertz CT molecular complexity index is 1560. The van der Waals surface area contributed by atoms with Crippen molar-refractivity contribution in [1.29, 1.82) is 0 Å². The lowest BCUT2D eigenvalue weighted by Gasteiger charge is -2.00. The molecule has 11 nitrogen and oxygen atoms in total. The predicted octanol–water partition coefficient (Wildman–Crippen LogP) is 3.90. The van der Waals surface area contributed by atoms with Crippen molar-refractivity contribution >= 4 is 28.5 Å².